The van der Waals surface area contributed by atoms with Crippen LogP contribution in [0, 0.1) is 10.1 Å². The molecule has 2 aromatic rings. The van der Waals surface area contributed by atoms with E-state index in [9.17, 15) is 15.2 Å². The molecule has 0 fully saturated rings. The van der Waals surface area contributed by atoms with E-state index in [1.807, 2.05) is 0 Å². The molecule has 0 unspecified atom stereocenters. The number of hydrogen-bond acceptors (Lipinski definition) is 5. The average Bonchev–Trinajstić information content (AvgIpc) is 2.52. The van der Waals surface area contributed by atoms with Crippen LogP contribution in [0.3, 0.4) is 0 Å². The van der Waals surface area contributed by atoms with Gasteiger partial charge < -0.3 is 14.6 Å². The van der Waals surface area contributed by atoms with Gasteiger partial charge in [-0.3, -0.25) is 10.1 Å². The van der Waals surface area contributed by atoms with Crippen molar-refractivity contribution in [3.63, 3.8) is 0 Å². The quantitative estimate of drug-likeness (QED) is 0.653. The van der Waals surface area contributed by atoms with Crippen molar-refractivity contribution in [2.45, 2.75) is 13.2 Å². The van der Waals surface area contributed by atoms with Crippen molar-refractivity contribution in [1.82, 2.24) is 0 Å². The Balaban J connectivity index is 2.10. The number of non-ortho nitro benzene ring substituents is 1. The van der Waals surface area contributed by atoms with Crippen LogP contribution in [0.1, 0.15) is 11.1 Å². The Morgan fingerprint density at radius 2 is 1.90 bits per heavy atom. The molecular formula is C15H15NO5. The summed E-state index contributed by atoms with van der Waals surface area (Å²) in [5.74, 6) is 1.15. The van der Waals surface area contributed by atoms with Crippen molar-refractivity contribution in [2.24, 2.45) is 0 Å². The molecule has 0 atom stereocenters. The molecule has 2 rings (SSSR count). The molecule has 6 heteroatoms. The molecule has 0 spiro atoms. The predicted octanol–water partition coefficient (Wildman–Crippen LogP) is 2.67. The number of aliphatic hydroxyl groups excluding tert-OH is 1. The lowest BCUT2D eigenvalue weighted by Crippen LogP contribution is -1.99. The van der Waals surface area contributed by atoms with Crippen molar-refractivity contribution < 1.29 is 19.5 Å². The molecule has 0 radical (unpaired) electrons. The van der Waals surface area contributed by atoms with Crippen LogP contribution in [0.5, 0.6) is 11.5 Å². The van der Waals surface area contributed by atoms with Gasteiger partial charge in [-0.25, -0.2) is 0 Å². The van der Waals surface area contributed by atoms with Crippen molar-refractivity contribution in [3.8, 4) is 11.5 Å². The van der Waals surface area contributed by atoms with Crippen LogP contribution in [-0.4, -0.2) is 17.1 Å². The normalized spacial score (nSPS) is 10.2. The fraction of sp³-hybridized carbons (Fsp3) is 0.200. The van der Waals surface area contributed by atoms with Gasteiger partial charge in [0.25, 0.3) is 5.69 Å². The molecule has 1 N–H and O–H groups in total. The molecular weight excluding hydrogens is 274 g/mol. The highest BCUT2D eigenvalue weighted by Gasteiger charge is 2.07. The van der Waals surface area contributed by atoms with E-state index in [1.165, 1.54) is 12.1 Å². The van der Waals surface area contributed by atoms with Crippen LogP contribution in [0.15, 0.2) is 42.5 Å². The first-order chi connectivity index (χ1) is 10.1. The van der Waals surface area contributed by atoms with Crippen LogP contribution in [0.2, 0.25) is 0 Å². The zero-order valence-electron chi connectivity index (χ0n) is 11.5. The van der Waals surface area contributed by atoms with Crippen molar-refractivity contribution in [1.29, 1.82) is 0 Å². The van der Waals surface area contributed by atoms with E-state index in [2.05, 4.69) is 0 Å². The zero-order chi connectivity index (χ0) is 15.2. The van der Waals surface area contributed by atoms with E-state index in [4.69, 9.17) is 9.47 Å². The Morgan fingerprint density at radius 1 is 1.19 bits per heavy atom. The second-order valence-corrected chi connectivity index (χ2v) is 4.34. The largest absolute Gasteiger partial charge is 0.497 e. The summed E-state index contributed by atoms with van der Waals surface area (Å²) < 4.78 is 10.8. The molecule has 110 valence electrons. The van der Waals surface area contributed by atoms with E-state index in [1.54, 1.807) is 37.4 Å². The zero-order valence-corrected chi connectivity index (χ0v) is 11.5. The lowest BCUT2D eigenvalue weighted by molar-refractivity contribution is -0.384. The van der Waals surface area contributed by atoms with Gasteiger partial charge in [0, 0.05) is 23.8 Å². The van der Waals surface area contributed by atoms with Gasteiger partial charge in [0.05, 0.1) is 18.6 Å². The smallest absolute Gasteiger partial charge is 0.269 e. The number of hydrogen-bond donors (Lipinski definition) is 1. The van der Waals surface area contributed by atoms with Gasteiger partial charge in [-0.15, -0.1) is 0 Å². The molecule has 21 heavy (non-hydrogen) atoms. The summed E-state index contributed by atoms with van der Waals surface area (Å²) in [5.41, 5.74) is 1.49. The van der Waals surface area contributed by atoms with Crippen LogP contribution in [0.4, 0.5) is 5.69 Å². The molecule has 0 aliphatic heterocycles. The SMILES string of the molecule is COc1ccc(CO)c(OCc2ccc([N+](=O)[O-])cc2)c1. The number of nitro groups is 1. The van der Waals surface area contributed by atoms with Gasteiger partial charge in [-0.2, -0.15) is 0 Å². The van der Waals surface area contributed by atoms with E-state index < -0.39 is 4.92 Å². The van der Waals surface area contributed by atoms with E-state index in [0.717, 1.165) is 5.56 Å². The third kappa shape index (κ3) is 3.70. The summed E-state index contributed by atoms with van der Waals surface area (Å²) in [6, 6.07) is 11.3. The van der Waals surface area contributed by atoms with Gasteiger partial charge >= 0.3 is 0 Å². The molecule has 2 aromatic carbocycles. The minimum Gasteiger partial charge on any atom is -0.497 e. The van der Waals surface area contributed by atoms with Gasteiger partial charge in [0.2, 0.25) is 0 Å². The number of rotatable bonds is 6. The maximum absolute atomic E-state index is 10.6. The van der Waals surface area contributed by atoms with Crippen LogP contribution in [0.25, 0.3) is 0 Å². The van der Waals surface area contributed by atoms with Gasteiger partial charge in [-0.05, 0) is 29.8 Å². The molecule has 0 saturated heterocycles. The Labute approximate surface area is 121 Å². The fourth-order valence-electron chi connectivity index (χ4n) is 1.80. The summed E-state index contributed by atoms with van der Waals surface area (Å²) in [4.78, 5) is 10.1. The summed E-state index contributed by atoms with van der Waals surface area (Å²) in [6.45, 7) is 0.109. The Hall–Kier alpha value is -2.60. The molecule has 0 aliphatic rings. The van der Waals surface area contributed by atoms with Gasteiger partial charge in [0.1, 0.15) is 18.1 Å². The summed E-state index contributed by atoms with van der Waals surface area (Å²) >= 11 is 0. The monoisotopic (exact) mass is 289 g/mol. The third-order valence-corrected chi connectivity index (χ3v) is 2.99. The second kappa shape index (κ2) is 6.71. The van der Waals surface area contributed by atoms with E-state index in [0.29, 0.717) is 17.1 Å². The highest BCUT2D eigenvalue weighted by atomic mass is 16.6. The minimum absolute atomic E-state index is 0.0381. The number of benzene rings is 2. The first-order valence-corrected chi connectivity index (χ1v) is 6.28. The van der Waals surface area contributed by atoms with Crippen LogP contribution in [-0.2, 0) is 13.2 Å². The lowest BCUT2D eigenvalue weighted by Gasteiger charge is -2.11. The molecule has 0 saturated carbocycles. The number of ether oxygens (including phenoxy) is 2. The lowest BCUT2D eigenvalue weighted by atomic mass is 10.2. The molecule has 0 aromatic heterocycles. The van der Waals surface area contributed by atoms with Crippen molar-refractivity contribution in [3.05, 3.63) is 63.7 Å². The second-order valence-electron chi connectivity index (χ2n) is 4.34. The first-order valence-electron chi connectivity index (χ1n) is 6.28. The first kappa shape index (κ1) is 14.8. The third-order valence-electron chi connectivity index (χ3n) is 2.99. The highest BCUT2D eigenvalue weighted by Crippen LogP contribution is 2.26. The fourth-order valence-corrected chi connectivity index (χ4v) is 1.80. The maximum atomic E-state index is 10.6. The summed E-state index contributed by atoms with van der Waals surface area (Å²) in [5, 5.41) is 19.9. The number of aliphatic hydroxyl groups is 1. The number of nitro benzene ring substituents is 1. The Kier molecular flexibility index (Phi) is 4.73. The van der Waals surface area contributed by atoms with Crippen molar-refractivity contribution >= 4 is 5.69 Å². The highest BCUT2D eigenvalue weighted by molar-refractivity contribution is 5.40. The topological polar surface area (TPSA) is 81.8 Å². The van der Waals surface area contributed by atoms with E-state index in [-0.39, 0.29) is 18.9 Å². The predicted molar refractivity (Wildman–Crippen MR) is 76.3 cm³/mol. The minimum atomic E-state index is -0.448. The van der Waals surface area contributed by atoms with E-state index >= 15 is 0 Å². The standard InChI is InChI=1S/C15H15NO5/c1-20-14-7-4-12(9-17)15(8-14)21-10-11-2-5-13(6-3-11)16(18)19/h2-8,17H,9-10H2,1H3. The van der Waals surface area contributed by atoms with Crippen LogP contribution >= 0.6 is 0 Å². The van der Waals surface area contributed by atoms with Gasteiger partial charge in [-0.1, -0.05) is 0 Å². The van der Waals surface area contributed by atoms with Crippen LogP contribution < -0.4 is 9.47 Å². The molecule has 0 aliphatic carbocycles. The summed E-state index contributed by atoms with van der Waals surface area (Å²) in [6.07, 6.45) is 0. The summed E-state index contributed by atoms with van der Waals surface area (Å²) in [7, 11) is 1.55. The molecule has 0 amide bonds. The van der Waals surface area contributed by atoms with Gasteiger partial charge in [0.15, 0.2) is 0 Å². The molecule has 0 heterocycles. The molecule has 0 bridgehead atoms. The Morgan fingerprint density at radius 3 is 2.48 bits per heavy atom. The Bertz CT molecular complexity index is 624. The maximum Gasteiger partial charge on any atom is 0.269 e. The number of methoxy groups -OCH3 is 1. The number of nitrogens with zero attached hydrogens (tertiary/aromatic N) is 1. The average molecular weight is 289 g/mol. The van der Waals surface area contributed by atoms with Crippen molar-refractivity contribution in [2.75, 3.05) is 7.11 Å². The molecule has 6 nitrogen and oxygen atoms in total.